The van der Waals surface area contributed by atoms with Crippen LogP contribution in [0, 0.1) is 5.82 Å². The normalized spacial score (nSPS) is 12.2. The van der Waals surface area contributed by atoms with Gasteiger partial charge in [0.1, 0.15) is 17.3 Å². The van der Waals surface area contributed by atoms with Crippen molar-refractivity contribution in [3.8, 4) is 11.5 Å². The van der Waals surface area contributed by atoms with E-state index in [0.717, 1.165) is 12.0 Å². The molecule has 0 fully saturated rings. The summed E-state index contributed by atoms with van der Waals surface area (Å²) in [5.74, 6) is 0.754. The lowest BCUT2D eigenvalue weighted by molar-refractivity contribution is 0.477. The molecule has 0 aliphatic carbocycles. The molecule has 1 N–H and O–H groups in total. The molecule has 2 rings (SSSR count). The summed E-state index contributed by atoms with van der Waals surface area (Å²) in [6.07, 6.45) is 0.983. The quantitative estimate of drug-likeness (QED) is 0.843. The Morgan fingerprint density at radius 3 is 2.70 bits per heavy atom. The molecule has 20 heavy (non-hydrogen) atoms. The Kier molecular flexibility index (Phi) is 4.99. The van der Waals surface area contributed by atoms with E-state index in [0.29, 0.717) is 11.5 Å². The molecule has 0 spiro atoms. The first-order valence-corrected chi connectivity index (χ1v) is 6.92. The van der Waals surface area contributed by atoms with Gasteiger partial charge in [-0.2, -0.15) is 0 Å². The van der Waals surface area contributed by atoms with E-state index in [9.17, 15) is 4.39 Å². The lowest BCUT2D eigenvalue weighted by Crippen LogP contribution is -2.14. The zero-order chi connectivity index (χ0) is 14.5. The fourth-order valence-corrected chi connectivity index (χ4v) is 2.29. The standard InChI is InChI=1S/C16H17ClFNO/c1-3-15(19-2)11-5-4-6-13(9-11)20-16-8-7-12(18)10-14(16)17/h4-10,15,19H,3H2,1-2H3. The van der Waals surface area contributed by atoms with Crippen LogP contribution < -0.4 is 10.1 Å². The van der Waals surface area contributed by atoms with Crippen LogP contribution >= 0.6 is 11.6 Å². The Morgan fingerprint density at radius 2 is 2.05 bits per heavy atom. The molecule has 0 radical (unpaired) electrons. The zero-order valence-corrected chi connectivity index (χ0v) is 12.2. The molecule has 2 aromatic carbocycles. The molecular formula is C16H17ClFNO. The van der Waals surface area contributed by atoms with E-state index in [1.54, 1.807) is 0 Å². The molecule has 2 aromatic rings. The highest BCUT2D eigenvalue weighted by Crippen LogP contribution is 2.31. The summed E-state index contributed by atoms with van der Waals surface area (Å²) >= 11 is 5.96. The first-order valence-electron chi connectivity index (χ1n) is 6.54. The molecule has 1 atom stereocenters. The monoisotopic (exact) mass is 293 g/mol. The molecule has 2 nitrogen and oxygen atoms in total. The van der Waals surface area contributed by atoms with Crippen LogP contribution in [0.1, 0.15) is 24.9 Å². The summed E-state index contributed by atoms with van der Waals surface area (Å²) in [5.41, 5.74) is 1.14. The summed E-state index contributed by atoms with van der Waals surface area (Å²) in [5, 5.41) is 3.51. The van der Waals surface area contributed by atoms with Crippen molar-refractivity contribution in [2.75, 3.05) is 7.05 Å². The fourth-order valence-electron chi connectivity index (χ4n) is 2.09. The Morgan fingerprint density at radius 1 is 1.25 bits per heavy atom. The van der Waals surface area contributed by atoms with E-state index in [4.69, 9.17) is 16.3 Å². The first kappa shape index (κ1) is 14.8. The molecule has 0 aliphatic rings. The van der Waals surface area contributed by atoms with Crippen LogP contribution in [0.15, 0.2) is 42.5 Å². The van der Waals surface area contributed by atoms with E-state index < -0.39 is 0 Å². The second kappa shape index (κ2) is 6.73. The number of benzene rings is 2. The van der Waals surface area contributed by atoms with Crippen molar-refractivity contribution in [3.05, 3.63) is 58.9 Å². The molecule has 0 saturated carbocycles. The van der Waals surface area contributed by atoms with Crippen LogP contribution in [-0.2, 0) is 0 Å². The summed E-state index contributed by atoms with van der Waals surface area (Å²) in [6, 6.07) is 12.2. The summed E-state index contributed by atoms with van der Waals surface area (Å²) in [6.45, 7) is 2.12. The van der Waals surface area contributed by atoms with Gasteiger partial charge in [-0.1, -0.05) is 30.7 Å². The SMILES string of the molecule is CCC(NC)c1cccc(Oc2ccc(F)cc2Cl)c1. The largest absolute Gasteiger partial charge is 0.456 e. The van der Waals surface area contributed by atoms with Crippen molar-refractivity contribution in [1.29, 1.82) is 0 Å². The van der Waals surface area contributed by atoms with Gasteiger partial charge in [0.15, 0.2) is 0 Å². The molecule has 0 saturated heterocycles. The van der Waals surface area contributed by atoms with Gasteiger partial charge in [-0.3, -0.25) is 0 Å². The van der Waals surface area contributed by atoms with Gasteiger partial charge >= 0.3 is 0 Å². The second-order valence-corrected chi connectivity index (χ2v) is 4.91. The molecule has 0 aliphatic heterocycles. The Bertz CT molecular complexity index is 584. The van der Waals surface area contributed by atoms with Gasteiger partial charge in [-0.25, -0.2) is 4.39 Å². The van der Waals surface area contributed by atoms with E-state index in [1.807, 2.05) is 31.3 Å². The van der Waals surface area contributed by atoms with Crippen LogP contribution in [-0.4, -0.2) is 7.05 Å². The number of hydrogen-bond donors (Lipinski definition) is 1. The third-order valence-corrected chi connectivity index (χ3v) is 3.43. The van der Waals surface area contributed by atoms with Gasteiger partial charge in [0, 0.05) is 6.04 Å². The van der Waals surface area contributed by atoms with E-state index in [1.165, 1.54) is 18.2 Å². The van der Waals surface area contributed by atoms with Crippen molar-refractivity contribution >= 4 is 11.6 Å². The lowest BCUT2D eigenvalue weighted by atomic mass is 10.0. The van der Waals surface area contributed by atoms with E-state index in [2.05, 4.69) is 12.2 Å². The molecule has 0 bridgehead atoms. The average molecular weight is 294 g/mol. The van der Waals surface area contributed by atoms with Gasteiger partial charge in [-0.15, -0.1) is 0 Å². The van der Waals surface area contributed by atoms with Gasteiger partial charge in [-0.05, 0) is 49.4 Å². The minimum atomic E-state index is -0.377. The highest BCUT2D eigenvalue weighted by molar-refractivity contribution is 6.32. The maximum Gasteiger partial charge on any atom is 0.146 e. The average Bonchev–Trinajstić information content (AvgIpc) is 2.44. The van der Waals surface area contributed by atoms with Crippen molar-refractivity contribution < 1.29 is 9.13 Å². The van der Waals surface area contributed by atoms with Crippen molar-refractivity contribution in [1.82, 2.24) is 5.32 Å². The lowest BCUT2D eigenvalue weighted by Gasteiger charge is -2.15. The number of nitrogens with one attached hydrogen (secondary N) is 1. The van der Waals surface area contributed by atoms with Crippen molar-refractivity contribution in [2.24, 2.45) is 0 Å². The molecule has 0 aromatic heterocycles. The highest BCUT2D eigenvalue weighted by atomic mass is 35.5. The topological polar surface area (TPSA) is 21.3 Å². The summed E-state index contributed by atoms with van der Waals surface area (Å²) < 4.78 is 18.7. The second-order valence-electron chi connectivity index (χ2n) is 4.50. The van der Waals surface area contributed by atoms with Gasteiger partial charge in [0.2, 0.25) is 0 Å². The zero-order valence-electron chi connectivity index (χ0n) is 11.5. The van der Waals surface area contributed by atoms with Gasteiger partial charge < -0.3 is 10.1 Å². The first-order chi connectivity index (χ1) is 9.63. The van der Waals surface area contributed by atoms with E-state index >= 15 is 0 Å². The van der Waals surface area contributed by atoms with Crippen LogP contribution in [0.5, 0.6) is 11.5 Å². The molecule has 4 heteroatoms. The molecular weight excluding hydrogens is 277 g/mol. The predicted molar refractivity (Wildman–Crippen MR) is 80.0 cm³/mol. The number of ether oxygens (including phenoxy) is 1. The van der Waals surface area contributed by atoms with Crippen LogP contribution in [0.4, 0.5) is 4.39 Å². The van der Waals surface area contributed by atoms with E-state index in [-0.39, 0.29) is 16.9 Å². The summed E-state index contributed by atoms with van der Waals surface area (Å²) in [7, 11) is 1.93. The Labute approximate surface area is 123 Å². The minimum absolute atomic E-state index is 0.260. The number of rotatable bonds is 5. The third-order valence-electron chi connectivity index (χ3n) is 3.14. The molecule has 106 valence electrons. The molecule has 0 amide bonds. The molecule has 1 unspecified atom stereocenters. The van der Waals surface area contributed by atoms with Crippen LogP contribution in [0.25, 0.3) is 0 Å². The van der Waals surface area contributed by atoms with Crippen molar-refractivity contribution in [3.63, 3.8) is 0 Å². The Hall–Kier alpha value is -1.58. The maximum absolute atomic E-state index is 13.0. The van der Waals surface area contributed by atoms with Gasteiger partial charge in [0.05, 0.1) is 5.02 Å². The predicted octanol–water partition coefficient (Wildman–Crippen LogP) is 4.94. The highest BCUT2D eigenvalue weighted by Gasteiger charge is 2.09. The smallest absolute Gasteiger partial charge is 0.146 e. The van der Waals surface area contributed by atoms with Crippen molar-refractivity contribution in [2.45, 2.75) is 19.4 Å². The third kappa shape index (κ3) is 3.50. The van der Waals surface area contributed by atoms with Gasteiger partial charge in [0.25, 0.3) is 0 Å². The Balaban J connectivity index is 2.23. The van der Waals surface area contributed by atoms with Crippen LogP contribution in [0.2, 0.25) is 5.02 Å². The van der Waals surface area contributed by atoms with Crippen LogP contribution in [0.3, 0.4) is 0 Å². The maximum atomic E-state index is 13.0. The summed E-state index contributed by atoms with van der Waals surface area (Å²) in [4.78, 5) is 0. The minimum Gasteiger partial charge on any atom is -0.456 e. The fraction of sp³-hybridized carbons (Fsp3) is 0.250. The number of hydrogen-bond acceptors (Lipinski definition) is 2. The molecule has 0 heterocycles. The number of halogens is 2.